The number of hydrogen-bond donors (Lipinski definition) is 2. The molecule has 0 radical (unpaired) electrons. The van der Waals surface area contributed by atoms with E-state index in [1.54, 1.807) is 6.07 Å². The summed E-state index contributed by atoms with van der Waals surface area (Å²) in [5, 5.41) is 6.79. The Balaban J connectivity index is 1.89. The van der Waals surface area contributed by atoms with Crippen LogP contribution in [-0.2, 0) is 4.79 Å². The number of rotatable bonds is 3. The number of hydrazone groups is 1. The molecule has 112 valence electrons. The minimum Gasteiger partial charge on any atom is -0.311 e. The molecule has 2 aromatic carbocycles. The highest BCUT2D eigenvalue weighted by atomic mass is 19.1. The molecular formula is C17H16FN3O. The molecule has 1 atom stereocenters. The Bertz CT molecular complexity index is 728. The number of carbonyl (C=O) groups is 1. The summed E-state index contributed by atoms with van der Waals surface area (Å²) in [6, 6.07) is 14.5. The zero-order valence-electron chi connectivity index (χ0n) is 12.1. The van der Waals surface area contributed by atoms with Crippen molar-refractivity contribution in [1.29, 1.82) is 0 Å². The summed E-state index contributed by atoms with van der Waals surface area (Å²) in [5.74, 6) is -0.122. The molecule has 0 aliphatic carbocycles. The van der Waals surface area contributed by atoms with E-state index in [1.165, 1.54) is 6.07 Å². The Labute approximate surface area is 128 Å². The number of nitrogens with one attached hydrogen (secondary N) is 2. The van der Waals surface area contributed by atoms with Gasteiger partial charge in [0.05, 0.1) is 0 Å². The molecule has 1 heterocycles. The minimum absolute atomic E-state index is 0.141. The average molecular weight is 297 g/mol. The Kier molecular flexibility index (Phi) is 3.87. The van der Waals surface area contributed by atoms with E-state index in [2.05, 4.69) is 15.8 Å². The molecular weight excluding hydrogens is 281 g/mol. The number of amidine groups is 1. The highest BCUT2D eigenvalue weighted by Gasteiger charge is 2.20. The lowest BCUT2D eigenvalue weighted by Gasteiger charge is -2.20. The maximum atomic E-state index is 14.4. The molecule has 1 aliphatic heterocycles. The van der Waals surface area contributed by atoms with Crippen molar-refractivity contribution in [1.82, 2.24) is 10.7 Å². The van der Waals surface area contributed by atoms with Crippen LogP contribution < -0.4 is 10.7 Å². The molecule has 0 spiro atoms. The van der Waals surface area contributed by atoms with Gasteiger partial charge in [-0.3, -0.25) is 10.2 Å². The molecule has 0 saturated carbocycles. The molecule has 3 rings (SSSR count). The number of halogens is 1. The summed E-state index contributed by atoms with van der Waals surface area (Å²) in [6.07, 6.45) is 0. The molecule has 2 N–H and O–H groups in total. The Morgan fingerprint density at radius 1 is 1.18 bits per heavy atom. The fourth-order valence-electron chi connectivity index (χ4n) is 2.43. The molecule has 2 aromatic rings. The third kappa shape index (κ3) is 2.83. The van der Waals surface area contributed by atoms with Crippen LogP contribution in [0.5, 0.6) is 0 Å². The lowest BCUT2D eigenvalue weighted by atomic mass is 9.96. The normalized spacial score (nSPS) is 15.5. The van der Waals surface area contributed by atoms with Crippen molar-refractivity contribution in [3.05, 3.63) is 59.9 Å². The van der Waals surface area contributed by atoms with Crippen molar-refractivity contribution in [2.24, 2.45) is 5.10 Å². The first-order valence-corrected chi connectivity index (χ1v) is 7.10. The molecule has 22 heavy (non-hydrogen) atoms. The number of benzene rings is 2. The monoisotopic (exact) mass is 297 g/mol. The van der Waals surface area contributed by atoms with E-state index in [9.17, 15) is 9.18 Å². The fraction of sp³-hybridized carbons (Fsp3) is 0.176. The molecule has 4 nitrogen and oxygen atoms in total. The summed E-state index contributed by atoms with van der Waals surface area (Å²) in [4.78, 5) is 11.4. The van der Waals surface area contributed by atoms with Gasteiger partial charge in [-0.05, 0) is 17.2 Å². The minimum atomic E-state index is -0.286. The summed E-state index contributed by atoms with van der Waals surface area (Å²) >= 11 is 0. The van der Waals surface area contributed by atoms with Crippen LogP contribution in [-0.4, -0.2) is 18.3 Å². The Morgan fingerprint density at radius 3 is 2.64 bits per heavy atom. The number of amides is 1. The first-order chi connectivity index (χ1) is 10.6. The number of hydrogen-bond acceptors (Lipinski definition) is 3. The molecule has 0 bridgehead atoms. The lowest BCUT2D eigenvalue weighted by molar-refractivity contribution is -0.119. The summed E-state index contributed by atoms with van der Waals surface area (Å²) in [5.41, 5.74) is 4.83. The van der Waals surface area contributed by atoms with Crippen LogP contribution in [0.4, 0.5) is 4.39 Å². The second-order valence-corrected chi connectivity index (χ2v) is 5.21. The topological polar surface area (TPSA) is 53.5 Å². The lowest BCUT2D eigenvalue weighted by Crippen LogP contribution is -2.44. The molecule has 1 amide bonds. The fourth-order valence-corrected chi connectivity index (χ4v) is 2.43. The van der Waals surface area contributed by atoms with Crippen LogP contribution in [0.25, 0.3) is 11.1 Å². The van der Waals surface area contributed by atoms with Crippen LogP contribution in [0.15, 0.2) is 53.6 Å². The second-order valence-electron chi connectivity index (χ2n) is 5.21. The summed E-state index contributed by atoms with van der Waals surface area (Å²) < 4.78 is 14.4. The van der Waals surface area contributed by atoms with E-state index in [0.717, 1.165) is 11.1 Å². The molecule has 0 saturated heterocycles. The summed E-state index contributed by atoms with van der Waals surface area (Å²) in [7, 11) is 0. The largest absolute Gasteiger partial charge is 0.311 e. The molecule has 0 fully saturated rings. The molecule has 1 unspecified atom stereocenters. The maximum absolute atomic E-state index is 14.4. The van der Waals surface area contributed by atoms with Gasteiger partial charge in [0.1, 0.15) is 18.2 Å². The predicted molar refractivity (Wildman–Crippen MR) is 83.8 cm³/mol. The van der Waals surface area contributed by atoms with Gasteiger partial charge in [-0.1, -0.05) is 49.4 Å². The van der Waals surface area contributed by atoms with E-state index in [-0.39, 0.29) is 24.2 Å². The van der Waals surface area contributed by atoms with E-state index in [4.69, 9.17) is 0 Å². The van der Waals surface area contributed by atoms with Crippen molar-refractivity contribution < 1.29 is 9.18 Å². The maximum Gasteiger partial charge on any atom is 0.246 e. The number of carbonyl (C=O) groups excluding carboxylic acids is 1. The van der Waals surface area contributed by atoms with Gasteiger partial charge in [0.25, 0.3) is 0 Å². The SMILES string of the molecule is CC(C1=NNCC(=O)N1)c1ccc(-c2ccccc2)c(F)c1. The third-order valence-electron chi connectivity index (χ3n) is 3.69. The number of nitrogens with zero attached hydrogens (tertiary/aromatic N) is 1. The molecule has 5 heteroatoms. The van der Waals surface area contributed by atoms with Gasteiger partial charge >= 0.3 is 0 Å². The van der Waals surface area contributed by atoms with Crippen molar-refractivity contribution in [3.63, 3.8) is 0 Å². The van der Waals surface area contributed by atoms with Gasteiger partial charge in [0.15, 0.2) is 0 Å². The van der Waals surface area contributed by atoms with Crippen LogP contribution in [0.2, 0.25) is 0 Å². The van der Waals surface area contributed by atoms with Crippen LogP contribution in [0.1, 0.15) is 18.4 Å². The van der Waals surface area contributed by atoms with Gasteiger partial charge in [-0.2, -0.15) is 5.10 Å². The van der Waals surface area contributed by atoms with Crippen molar-refractivity contribution in [2.45, 2.75) is 12.8 Å². The molecule has 1 aliphatic rings. The van der Waals surface area contributed by atoms with E-state index >= 15 is 0 Å². The summed E-state index contributed by atoms with van der Waals surface area (Å²) in [6.45, 7) is 2.04. The van der Waals surface area contributed by atoms with Crippen molar-refractivity contribution in [3.8, 4) is 11.1 Å². The predicted octanol–water partition coefficient (Wildman–Crippen LogP) is 2.63. The first kappa shape index (κ1) is 14.3. The van der Waals surface area contributed by atoms with E-state index < -0.39 is 0 Å². The highest BCUT2D eigenvalue weighted by Crippen LogP contribution is 2.26. The van der Waals surface area contributed by atoms with E-state index in [0.29, 0.717) is 11.4 Å². The molecule has 0 aromatic heterocycles. The Morgan fingerprint density at radius 2 is 1.95 bits per heavy atom. The van der Waals surface area contributed by atoms with Crippen molar-refractivity contribution in [2.75, 3.05) is 6.54 Å². The van der Waals surface area contributed by atoms with Crippen LogP contribution >= 0.6 is 0 Å². The Hall–Kier alpha value is -2.69. The zero-order valence-corrected chi connectivity index (χ0v) is 12.1. The van der Waals surface area contributed by atoms with Crippen molar-refractivity contribution >= 4 is 11.7 Å². The van der Waals surface area contributed by atoms with E-state index in [1.807, 2.05) is 43.3 Å². The van der Waals surface area contributed by atoms with Gasteiger partial charge < -0.3 is 5.32 Å². The third-order valence-corrected chi connectivity index (χ3v) is 3.69. The van der Waals surface area contributed by atoms with Crippen LogP contribution in [0.3, 0.4) is 0 Å². The second kappa shape index (κ2) is 5.97. The quantitative estimate of drug-likeness (QED) is 0.915. The van der Waals surface area contributed by atoms with Gasteiger partial charge in [0, 0.05) is 11.5 Å². The first-order valence-electron chi connectivity index (χ1n) is 7.10. The van der Waals surface area contributed by atoms with Crippen LogP contribution in [0, 0.1) is 5.82 Å². The standard InChI is InChI=1S/C17H16FN3O/c1-11(17-20-16(22)10-19-21-17)13-7-8-14(15(18)9-13)12-5-3-2-4-6-12/h2-9,11,19H,10H2,1H3,(H,20,21,22). The zero-order chi connectivity index (χ0) is 15.5. The highest BCUT2D eigenvalue weighted by molar-refractivity contribution is 6.03. The smallest absolute Gasteiger partial charge is 0.246 e. The van der Waals surface area contributed by atoms with Gasteiger partial charge in [-0.15, -0.1) is 0 Å². The average Bonchev–Trinajstić information content (AvgIpc) is 2.55. The van der Waals surface area contributed by atoms with Gasteiger partial charge in [0.2, 0.25) is 5.91 Å². The van der Waals surface area contributed by atoms with Gasteiger partial charge in [-0.25, -0.2) is 4.39 Å².